The first-order valence-corrected chi connectivity index (χ1v) is 7.61. The van der Waals surface area contributed by atoms with Gasteiger partial charge in [-0.25, -0.2) is 4.79 Å². The normalized spacial score (nSPS) is 11.8. The van der Waals surface area contributed by atoms with Crippen LogP contribution >= 0.6 is 0 Å². The van der Waals surface area contributed by atoms with Gasteiger partial charge >= 0.3 is 5.76 Å². The van der Waals surface area contributed by atoms with E-state index in [2.05, 4.69) is 10.3 Å². The summed E-state index contributed by atoms with van der Waals surface area (Å²) in [4.78, 5) is 25.8. The highest BCUT2D eigenvalue weighted by Gasteiger charge is 2.28. The number of rotatable bonds is 7. The first kappa shape index (κ1) is 16.3. The molecular formula is C16H22N2O4. The number of anilines is 1. The molecule has 1 amide bonds. The molecule has 0 radical (unpaired) electrons. The molecule has 0 aliphatic heterocycles. The van der Waals surface area contributed by atoms with Gasteiger partial charge in [0.25, 0.3) is 0 Å². The summed E-state index contributed by atoms with van der Waals surface area (Å²) in [7, 11) is 0. The molecule has 0 aliphatic carbocycles. The minimum Gasteiger partial charge on any atom is -0.408 e. The van der Waals surface area contributed by atoms with E-state index in [1.165, 1.54) is 0 Å². The highest BCUT2D eigenvalue weighted by molar-refractivity contribution is 5.93. The maximum absolute atomic E-state index is 12.2. The Morgan fingerprint density at radius 1 is 1.32 bits per heavy atom. The highest BCUT2D eigenvalue weighted by atomic mass is 16.4. The first-order chi connectivity index (χ1) is 10.5. The van der Waals surface area contributed by atoms with Crippen LogP contribution in [0, 0.1) is 0 Å². The van der Waals surface area contributed by atoms with Crippen LogP contribution in [0.15, 0.2) is 27.4 Å². The number of hydrogen-bond acceptors (Lipinski definition) is 4. The SMILES string of the molecule is CCCC(O)(CCC)CC(=O)Nc1ccc2oc(=O)[nH]c2c1. The monoisotopic (exact) mass is 306 g/mol. The Balaban J connectivity index is 2.07. The predicted molar refractivity (Wildman–Crippen MR) is 84.8 cm³/mol. The standard InChI is InChI=1S/C16H22N2O4/c1-3-7-16(21,8-4-2)10-14(19)17-11-5-6-13-12(9-11)18-15(20)22-13/h5-6,9,21H,3-4,7-8,10H2,1-2H3,(H,17,19)(H,18,20). The molecule has 0 atom stereocenters. The minimum atomic E-state index is -0.957. The molecule has 2 rings (SSSR count). The van der Waals surface area contributed by atoms with Gasteiger partial charge < -0.3 is 14.8 Å². The number of aromatic nitrogens is 1. The summed E-state index contributed by atoms with van der Waals surface area (Å²) in [5, 5.41) is 13.3. The lowest BCUT2D eigenvalue weighted by molar-refractivity contribution is -0.121. The molecule has 3 N–H and O–H groups in total. The van der Waals surface area contributed by atoms with Crippen LogP contribution in [0.4, 0.5) is 5.69 Å². The molecule has 22 heavy (non-hydrogen) atoms. The van der Waals surface area contributed by atoms with Crippen LogP contribution in [-0.2, 0) is 4.79 Å². The zero-order valence-electron chi connectivity index (χ0n) is 12.9. The average molecular weight is 306 g/mol. The van der Waals surface area contributed by atoms with Crippen LogP contribution in [0.1, 0.15) is 46.0 Å². The molecule has 0 saturated heterocycles. The van der Waals surface area contributed by atoms with Crippen LogP contribution in [0.2, 0.25) is 0 Å². The number of fused-ring (bicyclic) bond motifs is 1. The number of hydrogen-bond donors (Lipinski definition) is 3. The summed E-state index contributed by atoms with van der Waals surface area (Å²) in [6, 6.07) is 4.92. The number of H-pyrrole nitrogens is 1. The summed E-state index contributed by atoms with van der Waals surface area (Å²) < 4.78 is 4.91. The Labute approximate surface area is 128 Å². The number of amides is 1. The topological polar surface area (TPSA) is 95.3 Å². The van der Waals surface area contributed by atoms with Gasteiger partial charge in [0.2, 0.25) is 5.91 Å². The van der Waals surface area contributed by atoms with Crippen molar-refractivity contribution < 1.29 is 14.3 Å². The quantitative estimate of drug-likeness (QED) is 0.733. The molecule has 1 aromatic carbocycles. The zero-order chi connectivity index (χ0) is 16.2. The van der Waals surface area contributed by atoms with Crippen LogP contribution < -0.4 is 11.1 Å². The Kier molecular flexibility index (Phi) is 5.03. The molecular weight excluding hydrogens is 284 g/mol. The second-order valence-corrected chi connectivity index (χ2v) is 5.67. The van der Waals surface area contributed by atoms with Gasteiger partial charge in [0.05, 0.1) is 17.5 Å². The van der Waals surface area contributed by atoms with E-state index < -0.39 is 11.4 Å². The fraction of sp³-hybridized carbons (Fsp3) is 0.500. The van der Waals surface area contributed by atoms with Crippen molar-refractivity contribution in [1.29, 1.82) is 0 Å². The maximum Gasteiger partial charge on any atom is 0.417 e. The van der Waals surface area contributed by atoms with E-state index in [4.69, 9.17) is 4.42 Å². The molecule has 1 heterocycles. The van der Waals surface area contributed by atoms with Crippen molar-refractivity contribution in [3.8, 4) is 0 Å². The van der Waals surface area contributed by atoms with Gasteiger partial charge in [0.1, 0.15) is 0 Å². The Morgan fingerprint density at radius 3 is 2.64 bits per heavy atom. The van der Waals surface area contributed by atoms with Crippen molar-refractivity contribution in [3.05, 3.63) is 28.7 Å². The van der Waals surface area contributed by atoms with Crippen LogP contribution in [0.5, 0.6) is 0 Å². The second kappa shape index (κ2) is 6.79. The lowest BCUT2D eigenvalue weighted by Crippen LogP contribution is -2.33. The van der Waals surface area contributed by atoms with E-state index in [0.717, 1.165) is 12.8 Å². The van der Waals surface area contributed by atoms with Crippen molar-refractivity contribution in [3.63, 3.8) is 0 Å². The van der Waals surface area contributed by atoms with Gasteiger partial charge in [-0.3, -0.25) is 9.78 Å². The van der Waals surface area contributed by atoms with Crippen LogP contribution in [0.25, 0.3) is 11.1 Å². The van der Waals surface area contributed by atoms with Crippen molar-refractivity contribution in [2.75, 3.05) is 5.32 Å². The molecule has 6 nitrogen and oxygen atoms in total. The highest BCUT2D eigenvalue weighted by Crippen LogP contribution is 2.24. The maximum atomic E-state index is 12.2. The zero-order valence-corrected chi connectivity index (χ0v) is 12.9. The summed E-state index contributed by atoms with van der Waals surface area (Å²) >= 11 is 0. The average Bonchev–Trinajstić information content (AvgIpc) is 2.78. The van der Waals surface area contributed by atoms with E-state index in [0.29, 0.717) is 29.6 Å². The second-order valence-electron chi connectivity index (χ2n) is 5.67. The molecule has 0 spiro atoms. The van der Waals surface area contributed by atoms with Crippen LogP contribution in [-0.4, -0.2) is 21.6 Å². The molecule has 0 fully saturated rings. The van der Waals surface area contributed by atoms with Gasteiger partial charge in [-0.05, 0) is 31.0 Å². The molecule has 0 bridgehead atoms. The number of nitrogens with one attached hydrogen (secondary N) is 2. The molecule has 120 valence electrons. The first-order valence-electron chi connectivity index (χ1n) is 7.61. The number of aliphatic hydroxyl groups is 1. The fourth-order valence-corrected chi connectivity index (χ4v) is 2.77. The van der Waals surface area contributed by atoms with Crippen molar-refractivity contribution in [2.24, 2.45) is 0 Å². The number of aromatic amines is 1. The lowest BCUT2D eigenvalue weighted by atomic mass is 9.89. The number of benzene rings is 1. The van der Waals surface area contributed by atoms with E-state index >= 15 is 0 Å². The molecule has 1 aromatic heterocycles. The minimum absolute atomic E-state index is 0.0641. The van der Waals surface area contributed by atoms with Gasteiger partial charge in [0.15, 0.2) is 5.58 Å². The number of carbonyl (C=O) groups is 1. The molecule has 0 aliphatic rings. The van der Waals surface area contributed by atoms with Gasteiger partial charge in [-0.1, -0.05) is 26.7 Å². The number of carbonyl (C=O) groups excluding carboxylic acids is 1. The Morgan fingerprint density at radius 2 is 2.00 bits per heavy atom. The summed E-state index contributed by atoms with van der Waals surface area (Å²) in [5.74, 6) is -0.770. The van der Waals surface area contributed by atoms with Gasteiger partial charge in [-0.2, -0.15) is 0 Å². The Bertz CT molecular complexity index is 695. The van der Waals surface area contributed by atoms with Gasteiger partial charge in [0, 0.05) is 5.69 Å². The molecule has 0 unspecified atom stereocenters. The van der Waals surface area contributed by atoms with Crippen molar-refractivity contribution in [2.45, 2.75) is 51.6 Å². The fourth-order valence-electron chi connectivity index (χ4n) is 2.77. The smallest absolute Gasteiger partial charge is 0.408 e. The summed E-state index contributed by atoms with van der Waals surface area (Å²) in [6.07, 6.45) is 2.91. The van der Waals surface area contributed by atoms with Crippen molar-refractivity contribution in [1.82, 2.24) is 4.98 Å². The summed E-state index contributed by atoms with van der Waals surface area (Å²) in [5.41, 5.74) is 0.573. The molecule has 6 heteroatoms. The third-order valence-electron chi connectivity index (χ3n) is 3.62. The lowest BCUT2D eigenvalue weighted by Gasteiger charge is -2.26. The molecule has 0 saturated carbocycles. The van der Waals surface area contributed by atoms with E-state index in [1.54, 1.807) is 18.2 Å². The van der Waals surface area contributed by atoms with Crippen molar-refractivity contribution >= 4 is 22.7 Å². The molecule has 2 aromatic rings. The van der Waals surface area contributed by atoms with E-state index in [9.17, 15) is 14.7 Å². The number of oxazole rings is 1. The van der Waals surface area contributed by atoms with E-state index in [-0.39, 0.29) is 12.3 Å². The third kappa shape index (κ3) is 3.98. The Hall–Kier alpha value is -2.08. The summed E-state index contributed by atoms with van der Waals surface area (Å²) in [6.45, 7) is 3.98. The van der Waals surface area contributed by atoms with Crippen LogP contribution in [0.3, 0.4) is 0 Å². The van der Waals surface area contributed by atoms with E-state index in [1.807, 2.05) is 13.8 Å². The third-order valence-corrected chi connectivity index (χ3v) is 3.62. The largest absolute Gasteiger partial charge is 0.417 e. The van der Waals surface area contributed by atoms with Gasteiger partial charge in [-0.15, -0.1) is 0 Å². The predicted octanol–water partition coefficient (Wildman–Crippen LogP) is 2.78.